The largest absolute Gasteiger partial charge is 0.480 e. The van der Waals surface area contributed by atoms with Crippen molar-refractivity contribution in [3.05, 3.63) is 21.4 Å². The highest BCUT2D eigenvalue weighted by Gasteiger charge is 2.24. The van der Waals surface area contributed by atoms with Gasteiger partial charge in [-0.3, -0.25) is 14.4 Å². The van der Waals surface area contributed by atoms with E-state index in [1.165, 1.54) is 22.6 Å². The molecule has 7 heteroatoms. The van der Waals surface area contributed by atoms with Gasteiger partial charge in [0.15, 0.2) is 0 Å². The average Bonchev–Trinajstić information content (AvgIpc) is 2.67. The number of aliphatic carboxylic acids is 2. The van der Waals surface area contributed by atoms with Crippen LogP contribution in [0.25, 0.3) is 0 Å². The van der Waals surface area contributed by atoms with Crippen LogP contribution in [0.15, 0.2) is 6.07 Å². The number of carboxylic acids is 2. The first-order valence-electron chi connectivity index (χ1n) is 6.82. The van der Waals surface area contributed by atoms with Crippen molar-refractivity contribution in [3.8, 4) is 0 Å². The van der Waals surface area contributed by atoms with E-state index in [9.17, 15) is 14.4 Å². The molecule has 0 atom stereocenters. The number of nitrogens with zero attached hydrogens (tertiary/aromatic N) is 1. The van der Waals surface area contributed by atoms with E-state index in [1.807, 2.05) is 0 Å². The Morgan fingerprint density at radius 1 is 1.05 bits per heavy atom. The number of aryl methyl sites for hydroxylation is 2. The number of rotatable bonds is 5. The van der Waals surface area contributed by atoms with Crippen LogP contribution >= 0.6 is 11.3 Å². The molecule has 0 aliphatic heterocycles. The SMILES string of the molecule is O=C(O)CN(CC(=O)O)C(=O)c1cc2c(s1)CCCCC2. The maximum atomic E-state index is 12.3. The number of thiophene rings is 1. The summed E-state index contributed by atoms with van der Waals surface area (Å²) in [5, 5.41) is 17.6. The molecule has 2 N–H and O–H groups in total. The van der Waals surface area contributed by atoms with Crippen molar-refractivity contribution in [2.45, 2.75) is 32.1 Å². The molecule has 0 saturated carbocycles. The van der Waals surface area contributed by atoms with Crippen LogP contribution in [-0.4, -0.2) is 46.0 Å². The van der Waals surface area contributed by atoms with Crippen LogP contribution in [0, 0.1) is 0 Å². The molecule has 0 saturated heterocycles. The second kappa shape index (κ2) is 6.71. The Morgan fingerprint density at radius 2 is 1.67 bits per heavy atom. The van der Waals surface area contributed by atoms with Gasteiger partial charge in [-0.1, -0.05) is 6.42 Å². The highest BCUT2D eigenvalue weighted by atomic mass is 32.1. The van der Waals surface area contributed by atoms with Crippen LogP contribution in [0.2, 0.25) is 0 Å². The smallest absolute Gasteiger partial charge is 0.323 e. The first-order valence-corrected chi connectivity index (χ1v) is 7.63. The van der Waals surface area contributed by atoms with Crippen LogP contribution in [0.3, 0.4) is 0 Å². The Kier molecular flexibility index (Phi) is 4.95. The summed E-state index contributed by atoms with van der Waals surface area (Å²) < 4.78 is 0. The minimum atomic E-state index is -1.22. The standard InChI is InChI=1S/C14H17NO5S/c16-12(17)7-15(8-13(18)19)14(20)11-6-9-4-2-1-3-5-10(9)21-11/h6H,1-5,7-8H2,(H,16,17)(H,18,19). The third-order valence-corrected chi connectivity index (χ3v) is 4.62. The third kappa shape index (κ3) is 4.04. The third-order valence-electron chi connectivity index (χ3n) is 3.40. The van der Waals surface area contributed by atoms with Crippen molar-refractivity contribution >= 4 is 29.2 Å². The highest BCUT2D eigenvalue weighted by molar-refractivity contribution is 7.14. The first kappa shape index (κ1) is 15.5. The molecule has 0 radical (unpaired) electrons. The first-order chi connectivity index (χ1) is 9.97. The summed E-state index contributed by atoms with van der Waals surface area (Å²) in [5.41, 5.74) is 1.14. The molecule has 1 aliphatic rings. The zero-order valence-electron chi connectivity index (χ0n) is 11.5. The Balaban J connectivity index is 2.19. The molecule has 21 heavy (non-hydrogen) atoms. The number of hydrogen-bond donors (Lipinski definition) is 2. The van der Waals surface area contributed by atoms with Crippen LogP contribution in [-0.2, 0) is 22.4 Å². The van der Waals surface area contributed by atoms with Gasteiger partial charge in [-0.05, 0) is 37.3 Å². The van der Waals surface area contributed by atoms with E-state index in [1.54, 1.807) is 6.07 Å². The zero-order valence-corrected chi connectivity index (χ0v) is 12.3. The Hall–Kier alpha value is -1.89. The van der Waals surface area contributed by atoms with Crippen LogP contribution in [0.4, 0.5) is 0 Å². The van der Waals surface area contributed by atoms with Crippen LogP contribution in [0.5, 0.6) is 0 Å². The molecule has 0 spiro atoms. The molecule has 114 valence electrons. The van der Waals surface area contributed by atoms with Crippen molar-refractivity contribution in [3.63, 3.8) is 0 Å². The second-order valence-corrected chi connectivity index (χ2v) is 6.21. The predicted octanol–water partition coefficient (Wildman–Crippen LogP) is 1.63. The summed E-state index contributed by atoms with van der Waals surface area (Å²) in [7, 11) is 0. The maximum absolute atomic E-state index is 12.3. The summed E-state index contributed by atoms with van der Waals surface area (Å²) >= 11 is 1.36. The lowest BCUT2D eigenvalue weighted by Crippen LogP contribution is -2.39. The minimum absolute atomic E-state index is 0.435. The van der Waals surface area contributed by atoms with Gasteiger partial charge < -0.3 is 15.1 Å². The summed E-state index contributed by atoms with van der Waals surface area (Å²) in [4.78, 5) is 36.4. The molecule has 1 amide bonds. The number of amides is 1. The minimum Gasteiger partial charge on any atom is -0.480 e. The number of carbonyl (C=O) groups is 3. The molecular formula is C14H17NO5S. The van der Waals surface area contributed by atoms with Crippen LogP contribution < -0.4 is 0 Å². The van der Waals surface area contributed by atoms with E-state index in [-0.39, 0.29) is 0 Å². The van der Waals surface area contributed by atoms with E-state index in [4.69, 9.17) is 10.2 Å². The van der Waals surface area contributed by atoms with Gasteiger partial charge in [0.25, 0.3) is 5.91 Å². The van der Waals surface area contributed by atoms with Gasteiger partial charge >= 0.3 is 11.9 Å². The van der Waals surface area contributed by atoms with Gasteiger partial charge in [-0.25, -0.2) is 0 Å². The predicted molar refractivity (Wildman–Crippen MR) is 76.8 cm³/mol. The summed E-state index contributed by atoms with van der Waals surface area (Å²) in [6.45, 7) is -1.21. The lowest BCUT2D eigenvalue weighted by Gasteiger charge is -2.17. The van der Waals surface area contributed by atoms with Gasteiger partial charge in [0.1, 0.15) is 13.1 Å². The monoisotopic (exact) mass is 311 g/mol. The van der Waals surface area contributed by atoms with Crippen molar-refractivity contribution in [1.29, 1.82) is 0 Å². The van der Waals surface area contributed by atoms with Gasteiger partial charge in [0.2, 0.25) is 0 Å². The summed E-state index contributed by atoms with van der Waals surface area (Å²) in [5.74, 6) is -2.96. The quantitative estimate of drug-likeness (QED) is 0.806. The molecule has 0 fully saturated rings. The molecular weight excluding hydrogens is 294 g/mol. The number of carbonyl (C=O) groups excluding carboxylic acids is 1. The average molecular weight is 311 g/mol. The molecule has 2 rings (SSSR count). The highest BCUT2D eigenvalue weighted by Crippen LogP contribution is 2.29. The fourth-order valence-electron chi connectivity index (χ4n) is 2.45. The Bertz CT molecular complexity index is 526. The van der Waals surface area contributed by atoms with E-state index in [0.29, 0.717) is 4.88 Å². The van der Waals surface area contributed by atoms with Crippen molar-refractivity contribution in [1.82, 2.24) is 4.90 Å². The zero-order chi connectivity index (χ0) is 15.4. The molecule has 6 nitrogen and oxygen atoms in total. The van der Waals surface area contributed by atoms with Gasteiger partial charge in [0.05, 0.1) is 4.88 Å². The van der Waals surface area contributed by atoms with E-state index in [0.717, 1.165) is 36.1 Å². The molecule has 1 aromatic heterocycles. The molecule has 1 aromatic rings. The van der Waals surface area contributed by atoms with Crippen LogP contribution in [0.1, 0.15) is 39.4 Å². The van der Waals surface area contributed by atoms with E-state index < -0.39 is 30.9 Å². The summed E-state index contributed by atoms with van der Waals surface area (Å²) in [6, 6.07) is 1.80. The van der Waals surface area contributed by atoms with Crippen molar-refractivity contribution < 1.29 is 24.6 Å². The van der Waals surface area contributed by atoms with Gasteiger partial charge in [0, 0.05) is 4.88 Å². The fourth-order valence-corrected chi connectivity index (χ4v) is 3.68. The fraction of sp³-hybridized carbons (Fsp3) is 0.500. The maximum Gasteiger partial charge on any atom is 0.323 e. The Labute approximate surface area is 126 Å². The molecule has 0 unspecified atom stereocenters. The Morgan fingerprint density at radius 3 is 2.29 bits per heavy atom. The summed E-state index contributed by atoms with van der Waals surface area (Å²) in [6.07, 6.45) is 5.22. The van der Waals surface area contributed by atoms with E-state index >= 15 is 0 Å². The number of carboxylic acid groups (broad SMARTS) is 2. The van der Waals surface area contributed by atoms with Gasteiger partial charge in [-0.15, -0.1) is 11.3 Å². The molecule has 1 aliphatic carbocycles. The van der Waals surface area contributed by atoms with Gasteiger partial charge in [-0.2, -0.15) is 0 Å². The number of hydrogen-bond acceptors (Lipinski definition) is 4. The lowest BCUT2D eigenvalue weighted by molar-refractivity contribution is -0.140. The molecule has 0 bridgehead atoms. The number of fused-ring (bicyclic) bond motifs is 1. The topological polar surface area (TPSA) is 94.9 Å². The van der Waals surface area contributed by atoms with Crippen molar-refractivity contribution in [2.24, 2.45) is 0 Å². The second-order valence-electron chi connectivity index (χ2n) is 5.07. The molecule has 0 aromatic carbocycles. The lowest BCUT2D eigenvalue weighted by atomic mass is 10.1. The van der Waals surface area contributed by atoms with Crippen molar-refractivity contribution in [2.75, 3.05) is 13.1 Å². The van der Waals surface area contributed by atoms with E-state index in [2.05, 4.69) is 0 Å². The molecule has 1 heterocycles. The normalized spacial score (nSPS) is 14.1.